The third-order valence-corrected chi connectivity index (χ3v) is 5.67. The summed E-state index contributed by atoms with van der Waals surface area (Å²) in [6, 6.07) is 29.4. The monoisotopic (exact) mass is 537 g/mol. The standard InChI is InChI=1S/C32H31N3O5/c1-3-38-30-19-26(14-17-29(30)40-21-25-9-5-4-6-10-25)32(37)35-33-20-24-12-15-28(16-13-24)39-22-31(36)34-27-11-7-8-23(2)18-27/h4-20H,3,21-22H2,1-2H3,(H,34,36)(H,35,37)/b33-20+. The van der Waals surface area contributed by atoms with E-state index in [0.29, 0.717) is 36.0 Å². The highest BCUT2D eigenvalue weighted by molar-refractivity contribution is 5.95. The number of anilines is 1. The van der Waals surface area contributed by atoms with Crippen LogP contribution in [0.25, 0.3) is 0 Å². The number of carbonyl (C=O) groups is 2. The van der Waals surface area contributed by atoms with Crippen LogP contribution in [-0.4, -0.2) is 31.2 Å². The lowest BCUT2D eigenvalue weighted by Crippen LogP contribution is -2.20. The Morgan fingerprint density at radius 3 is 2.38 bits per heavy atom. The number of aryl methyl sites for hydroxylation is 1. The first-order valence-electron chi connectivity index (χ1n) is 12.9. The highest BCUT2D eigenvalue weighted by Gasteiger charge is 2.12. The van der Waals surface area contributed by atoms with Gasteiger partial charge < -0.3 is 19.5 Å². The van der Waals surface area contributed by atoms with Gasteiger partial charge in [0.1, 0.15) is 12.4 Å². The van der Waals surface area contributed by atoms with Crippen molar-refractivity contribution in [3.05, 3.63) is 119 Å². The molecule has 0 saturated carbocycles. The molecule has 0 unspecified atom stereocenters. The number of hydrazone groups is 1. The van der Waals surface area contributed by atoms with Crippen LogP contribution in [0.3, 0.4) is 0 Å². The summed E-state index contributed by atoms with van der Waals surface area (Å²) in [7, 11) is 0. The fourth-order valence-corrected chi connectivity index (χ4v) is 3.72. The van der Waals surface area contributed by atoms with Crippen LogP contribution >= 0.6 is 0 Å². The lowest BCUT2D eigenvalue weighted by atomic mass is 10.2. The molecule has 0 aliphatic heterocycles. The molecule has 4 aromatic rings. The van der Waals surface area contributed by atoms with E-state index in [1.54, 1.807) is 42.5 Å². The number of amides is 2. The van der Waals surface area contributed by atoms with Gasteiger partial charge in [0.25, 0.3) is 11.8 Å². The summed E-state index contributed by atoms with van der Waals surface area (Å²) in [5.74, 6) is 0.950. The zero-order chi connectivity index (χ0) is 28.2. The molecule has 4 rings (SSSR count). The van der Waals surface area contributed by atoms with Crippen LogP contribution in [0.1, 0.15) is 34.0 Å². The first-order chi connectivity index (χ1) is 19.5. The Morgan fingerprint density at radius 1 is 0.825 bits per heavy atom. The predicted molar refractivity (Wildman–Crippen MR) is 155 cm³/mol. The average molecular weight is 538 g/mol. The quantitative estimate of drug-likeness (QED) is 0.177. The molecule has 0 atom stereocenters. The van der Waals surface area contributed by atoms with E-state index in [1.165, 1.54) is 6.21 Å². The van der Waals surface area contributed by atoms with Gasteiger partial charge in [-0.25, -0.2) is 5.43 Å². The van der Waals surface area contributed by atoms with Crippen LogP contribution in [0.15, 0.2) is 102 Å². The van der Waals surface area contributed by atoms with Crippen molar-refractivity contribution in [2.24, 2.45) is 5.10 Å². The largest absolute Gasteiger partial charge is 0.490 e. The maximum atomic E-state index is 12.7. The molecule has 0 heterocycles. The highest BCUT2D eigenvalue weighted by Crippen LogP contribution is 2.29. The van der Waals surface area contributed by atoms with E-state index in [1.807, 2.05) is 68.4 Å². The molecule has 2 amide bonds. The molecule has 0 aliphatic carbocycles. The molecule has 8 nitrogen and oxygen atoms in total. The van der Waals surface area contributed by atoms with Gasteiger partial charge >= 0.3 is 0 Å². The zero-order valence-electron chi connectivity index (χ0n) is 22.4. The van der Waals surface area contributed by atoms with Crippen molar-refractivity contribution in [1.82, 2.24) is 5.43 Å². The van der Waals surface area contributed by atoms with E-state index >= 15 is 0 Å². The van der Waals surface area contributed by atoms with Gasteiger partial charge in [-0.05, 0) is 85.1 Å². The van der Waals surface area contributed by atoms with Gasteiger partial charge in [-0.2, -0.15) is 5.10 Å². The van der Waals surface area contributed by atoms with Gasteiger partial charge in [0.15, 0.2) is 18.1 Å². The minimum absolute atomic E-state index is 0.114. The number of hydrogen-bond acceptors (Lipinski definition) is 6. The fourth-order valence-electron chi connectivity index (χ4n) is 3.72. The molecule has 204 valence electrons. The normalized spacial score (nSPS) is 10.7. The molecule has 8 heteroatoms. The van der Waals surface area contributed by atoms with Crippen LogP contribution < -0.4 is 25.0 Å². The first-order valence-corrected chi connectivity index (χ1v) is 12.9. The maximum absolute atomic E-state index is 12.7. The maximum Gasteiger partial charge on any atom is 0.271 e. The topological polar surface area (TPSA) is 98.3 Å². The van der Waals surface area contributed by atoms with Gasteiger partial charge in [0.05, 0.1) is 12.8 Å². The molecule has 0 saturated heterocycles. The second kappa shape index (κ2) is 14.2. The second-order valence-electron chi connectivity index (χ2n) is 8.84. The fraction of sp³-hybridized carbons (Fsp3) is 0.156. The summed E-state index contributed by atoms with van der Waals surface area (Å²) >= 11 is 0. The Hall–Kier alpha value is -5.11. The summed E-state index contributed by atoms with van der Waals surface area (Å²) in [4.78, 5) is 24.8. The van der Waals surface area contributed by atoms with Crippen molar-refractivity contribution in [2.75, 3.05) is 18.5 Å². The van der Waals surface area contributed by atoms with Gasteiger partial charge in [-0.1, -0.05) is 42.5 Å². The number of rotatable bonds is 12. The van der Waals surface area contributed by atoms with Crippen molar-refractivity contribution in [2.45, 2.75) is 20.5 Å². The molecular weight excluding hydrogens is 506 g/mol. The molecule has 0 aliphatic rings. The van der Waals surface area contributed by atoms with E-state index in [4.69, 9.17) is 14.2 Å². The van der Waals surface area contributed by atoms with Crippen LogP contribution in [0.5, 0.6) is 17.2 Å². The highest BCUT2D eigenvalue weighted by atomic mass is 16.5. The van der Waals surface area contributed by atoms with Crippen LogP contribution in [0.2, 0.25) is 0 Å². The predicted octanol–water partition coefficient (Wildman–Crippen LogP) is 5.75. The molecular formula is C32H31N3O5. The van der Waals surface area contributed by atoms with E-state index < -0.39 is 0 Å². The number of ether oxygens (including phenoxy) is 3. The lowest BCUT2D eigenvalue weighted by Gasteiger charge is -2.13. The van der Waals surface area contributed by atoms with Crippen molar-refractivity contribution >= 4 is 23.7 Å². The van der Waals surface area contributed by atoms with Crippen molar-refractivity contribution in [3.63, 3.8) is 0 Å². The molecule has 0 aromatic heterocycles. The van der Waals surface area contributed by atoms with Crippen molar-refractivity contribution in [3.8, 4) is 17.2 Å². The average Bonchev–Trinajstić information content (AvgIpc) is 2.97. The molecule has 40 heavy (non-hydrogen) atoms. The minimum Gasteiger partial charge on any atom is -0.490 e. The third-order valence-electron chi connectivity index (χ3n) is 5.67. The summed E-state index contributed by atoms with van der Waals surface area (Å²) in [6.07, 6.45) is 1.52. The van der Waals surface area contributed by atoms with E-state index in [9.17, 15) is 9.59 Å². The van der Waals surface area contributed by atoms with Crippen molar-refractivity contribution in [1.29, 1.82) is 0 Å². The molecule has 4 aromatic carbocycles. The lowest BCUT2D eigenvalue weighted by molar-refractivity contribution is -0.118. The van der Waals surface area contributed by atoms with E-state index in [-0.39, 0.29) is 18.4 Å². The Balaban J connectivity index is 1.27. The zero-order valence-corrected chi connectivity index (χ0v) is 22.4. The molecule has 0 fully saturated rings. The summed E-state index contributed by atoms with van der Waals surface area (Å²) in [6.45, 7) is 4.54. The summed E-state index contributed by atoms with van der Waals surface area (Å²) < 4.78 is 17.2. The van der Waals surface area contributed by atoms with Crippen LogP contribution in [-0.2, 0) is 11.4 Å². The third kappa shape index (κ3) is 8.46. The summed E-state index contributed by atoms with van der Waals surface area (Å²) in [5.41, 5.74) is 6.48. The van der Waals surface area contributed by atoms with Gasteiger partial charge in [-0.3, -0.25) is 9.59 Å². The number of nitrogens with one attached hydrogen (secondary N) is 2. The number of nitrogens with zero attached hydrogens (tertiary/aromatic N) is 1. The van der Waals surface area contributed by atoms with E-state index in [0.717, 1.165) is 22.4 Å². The number of hydrogen-bond donors (Lipinski definition) is 2. The van der Waals surface area contributed by atoms with Gasteiger partial charge in [0.2, 0.25) is 0 Å². The Bertz CT molecular complexity index is 1450. The second-order valence-corrected chi connectivity index (χ2v) is 8.84. The molecule has 0 bridgehead atoms. The SMILES string of the molecule is CCOc1cc(C(=O)N/N=C/c2ccc(OCC(=O)Nc3cccc(C)c3)cc2)ccc1OCc1ccccc1. The molecule has 0 spiro atoms. The van der Waals surface area contributed by atoms with Gasteiger partial charge in [0, 0.05) is 11.3 Å². The smallest absolute Gasteiger partial charge is 0.271 e. The van der Waals surface area contributed by atoms with Crippen molar-refractivity contribution < 1.29 is 23.8 Å². The Kier molecular flexibility index (Phi) is 9.88. The molecule has 2 N–H and O–H groups in total. The Labute approximate surface area is 233 Å². The van der Waals surface area contributed by atoms with E-state index in [2.05, 4.69) is 15.8 Å². The molecule has 0 radical (unpaired) electrons. The van der Waals surface area contributed by atoms with Gasteiger partial charge in [-0.15, -0.1) is 0 Å². The first kappa shape index (κ1) is 27.9. The number of carbonyl (C=O) groups excluding carboxylic acids is 2. The summed E-state index contributed by atoms with van der Waals surface area (Å²) in [5, 5.41) is 6.85. The number of benzene rings is 4. The Morgan fingerprint density at radius 2 is 1.62 bits per heavy atom. The van der Waals surface area contributed by atoms with Crippen LogP contribution in [0.4, 0.5) is 5.69 Å². The van der Waals surface area contributed by atoms with Crippen LogP contribution in [0, 0.1) is 6.92 Å². The minimum atomic E-state index is -0.383.